The number of nitrogens with one attached hydrogen (secondary N) is 3. The average Bonchev–Trinajstić information content (AvgIpc) is 2.63. The van der Waals surface area contributed by atoms with Crippen LogP contribution in [0.2, 0.25) is 0 Å². The van der Waals surface area contributed by atoms with Crippen LogP contribution in [-0.2, 0) is 4.79 Å². The maximum Gasteiger partial charge on any atom is 0.309 e. The molecule has 25 heavy (non-hydrogen) atoms. The van der Waals surface area contributed by atoms with Gasteiger partial charge in [-0.05, 0) is 43.5 Å². The summed E-state index contributed by atoms with van der Waals surface area (Å²) in [6.07, 6.45) is 2.00. The zero-order valence-corrected chi connectivity index (χ0v) is 15.4. The number of benzene rings is 2. The highest BCUT2D eigenvalue weighted by Gasteiger charge is 2.33. The zero-order chi connectivity index (χ0) is 17.8. The molecular weight excluding hydrogens is 330 g/mol. The van der Waals surface area contributed by atoms with E-state index in [-0.39, 0.29) is 11.9 Å². The Kier molecular flexibility index (Phi) is 5.24. The molecule has 0 saturated heterocycles. The first kappa shape index (κ1) is 17.3. The predicted molar refractivity (Wildman–Crippen MR) is 104 cm³/mol. The third-order valence-corrected chi connectivity index (χ3v) is 4.87. The van der Waals surface area contributed by atoms with E-state index in [9.17, 15) is 4.79 Å². The Balaban J connectivity index is 1.96. The number of carbonyl (C=O) groups is 1. The summed E-state index contributed by atoms with van der Waals surface area (Å²) >= 11 is 1.60. The number of para-hydroxylation sites is 1. The second-order valence-corrected chi connectivity index (χ2v) is 6.77. The smallest absolute Gasteiger partial charge is 0.309 e. The van der Waals surface area contributed by atoms with Crippen molar-refractivity contribution in [2.45, 2.75) is 19.9 Å². The van der Waals surface area contributed by atoms with Crippen LogP contribution in [-0.4, -0.2) is 17.3 Å². The standard InChI is InChI=1S/C20H21N3OS/c1-13-9-7-8-12-16(13)22-19(24)17-14(2)21-20(25-3)23-18(17)15-10-5-4-6-11-15/h4-12,18H,1-3H3,(H,21,23)(H,22,24)/p+1. The summed E-state index contributed by atoms with van der Waals surface area (Å²) in [4.78, 5) is 16.5. The molecule has 2 aromatic carbocycles. The van der Waals surface area contributed by atoms with Crippen molar-refractivity contribution >= 4 is 28.5 Å². The van der Waals surface area contributed by atoms with E-state index in [1.807, 2.05) is 74.7 Å². The molecule has 0 fully saturated rings. The van der Waals surface area contributed by atoms with Gasteiger partial charge in [-0.15, -0.1) is 0 Å². The van der Waals surface area contributed by atoms with Crippen LogP contribution in [0.5, 0.6) is 0 Å². The summed E-state index contributed by atoms with van der Waals surface area (Å²) in [6, 6.07) is 17.6. The van der Waals surface area contributed by atoms with E-state index in [0.717, 1.165) is 27.7 Å². The van der Waals surface area contributed by atoms with Crippen molar-refractivity contribution < 1.29 is 9.79 Å². The Morgan fingerprint density at radius 2 is 1.76 bits per heavy atom. The van der Waals surface area contributed by atoms with Crippen LogP contribution in [0.3, 0.4) is 0 Å². The van der Waals surface area contributed by atoms with Crippen LogP contribution in [0, 0.1) is 6.92 Å². The zero-order valence-electron chi connectivity index (χ0n) is 14.6. The van der Waals surface area contributed by atoms with Gasteiger partial charge in [-0.25, -0.2) is 5.32 Å². The van der Waals surface area contributed by atoms with Gasteiger partial charge in [-0.3, -0.25) is 9.79 Å². The van der Waals surface area contributed by atoms with Crippen LogP contribution in [0.4, 0.5) is 5.69 Å². The van der Waals surface area contributed by atoms with Gasteiger partial charge in [0.15, 0.2) is 6.04 Å². The van der Waals surface area contributed by atoms with E-state index in [2.05, 4.69) is 15.6 Å². The Labute approximate surface area is 152 Å². The first-order valence-electron chi connectivity index (χ1n) is 8.17. The number of allylic oxidation sites excluding steroid dienone is 1. The second kappa shape index (κ2) is 7.57. The van der Waals surface area contributed by atoms with E-state index in [1.165, 1.54) is 0 Å². The molecule has 1 aliphatic heterocycles. The van der Waals surface area contributed by atoms with Gasteiger partial charge in [-0.1, -0.05) is 48.5 Å². The quantitative estimate of drug-likeness (QED) is 0.795. The number of anilines is 1. The van der Waals surface area contributed by atoms with Crippen molar-refractivity contribution in [2.24, 2.45) is 0 Å². The highest BCUT2D eigenvalue weighted by molar-refractivity contribution is 8.12. The maximum atomic E-state index is 13.0. The summed E-state index contributed by atoms with van der Waals surface area (Å²) in [5, 5.41) is 7.28. The summed E-state index contributed by atoms with van der Waals surface area (Å²) in [5.41, 5.74) is 4.50. The van der Waals surface area contributed by atoms with Gasteiger partial charge in [0.05, 0.1) is 0 Å². The van der Waals surface area contributed by atoms with Gasteiger partial charge in [0.2, 0.25) is 0 Å². The molecule has 0 bridgehead atoms. The summed E-state index contributed by atoms with van der Waals surface area (Å²) in [6.45, 7) is 3.93. The number of amidine groups is 1. The maximum absolute atomic E-state index is 13.0. The van der Waals surface area contributed by atoms with Crippen molar-refractivity contribution in [3.8, 4) is 0 Å². The molecule has 5 heteroatoms. The van der Waals surface area contributed by atoms with Crippen molar-refractivity contribution in [3.05, 3.63) is 77.0 Å². The normalized spacial score (nSPS) is 16.9. The van der Waals surface area contributed by atoms with E-state index < -0.39 is 0 Å². The molecule has 1 aliphatic rings. The Morgan fingerprint density at radius 1 is 1.08 bits per heavy atom. The van der Waals surface area contributed by atoms with Gasteiger partial charge in [0.25, 0.3) is 5.91 Å². The van der Waals surface area contributed by atoms with E-state index >= 15 is 0 Å². The lowest BCUT2D eigenvalue weighted by atomic mass is 9.96. The molecule has 0 aromatic heterocycles. The van der Waals surface area contributed by atoms with Crippen LogP contribution >= 0.6 is 11.8 Å². The number of aryl methyl sites for hydroxylation is 1. The molecule has 3 rings (SSSR count). The number of hydrogen-bond donors (Lipinski definition) is 3. The predicted octanol–water partition coefficient (Wildman–Crippen LogP) is 2.35. The van der Waals surface area contributed by atoms with E-state index in [1.54, 1.807) is 11.8 Å². The van der Waals surface area contributed by atoms with Crippen LogP contribution in [0.15, 0.2) is 65.9 Å². The number of amides is 1. The number of hydrogen-bond acceptors (Lipinski definition) is 3. The molecule has 0 radical (unpaired) electrons. The Hall–Kier alpha value is -2.53. The third-order valence-electron chi connectivity index (χ3n) is 4.24. The largest absolute Gasteiger partial charge is 0.322 e. The lowest BCUT2D eigenvalue weighted by molar-refractivity contribution is -0.498. The van der Waals surface area contributed by atoms with E-state index in [4.69, 9.17) is 0 Å². The number of rotatable bonds is 3. The fourth-order valence-electron chi connectivity index (χ4n) is 2.90. The van der Waals surface area contributed by atoms with Crippen LogP contribution in [0.1, 0.15) is 24.1 Å². The molecule has 1 heterocycles. The third kappa shape index (κ3) is 3.77. The van der Waals surface area contributed by atoms with Gasteiger partial charge in [-0.2, -0.15) is 0 Å². The molecule has 3 N–H and O–H groups in total. The van der Waals surface area contributed by atoms with Crippen molar-refractivity contribution in [1.29, 1.82) is 0 Å². The monoisotopic (exact) mass is 352 g/mol. The topological polar surface area (TPSA) is 55.1 Å². The minimum absolute atomic E-state index is 0.0965. The minimum atomic E-state index is -0.186. The lowest BCUT2D eigenvalue weighted by Gasteiger charge is -2.21. The van der Waals surface area contributed by atoms with Crippen LogP contribution < -0.4 is 15.6 Å². The van der Waals surface area contributed by atoms with Crippen molar-refractivity contribution in [2.75, 3.05) is 11.6 Å². The SMILES string of the molecule is CSC1=[NH+]C(c2ccccc2)C(C(=O)Nc2ccccc2C)=C(C)N1. The highest BCUT2D eigenvalue weighted by atomic mass is 32.2. The molecule has 4 nitrogen and oxygen atoms in total. The lowest BCUT2D eigenvalue weighted by Crippen LogP contribution is -2.79. The highest BCUT2D eigenvalue weighted by Crippen LogP contribution is 2.24. The Morgan fingerprint density at radius 3 is 2.44 bits per heavy atom. The first-order valence-corrected chi connectivity index (χ1v) is 9.40. The first-order chi connectivity index (χ1) is 12.1. The molecule has 1 atom stereocenters. The van der Waals surface area contributed by atoms with E-state index in [0.29, 0.717) is 5.57 Å². The fraction of sp³-hybridized carbons (Fsp3) is 0.200. The van der Waals surface area contributed by atoms with Crippen molar-refractivity contribution in [1.82, 2.24) is 5.32 Å². The number of thioether (sulfide) groups is 1. The molecule has 128 valence electrons. The second-order valence-electron chi connectivity index (χ2n) is 5.95. The van der Waals surface area contributed by atoms with Gasteiger partial charge in [0, 0.05) is 11.3 Å². The minimum Gasteiger partial charge on any atom is -0.322 e. The molecule has 1 unspecified atom stereocenters. The number of carbonyl (C=O) groups excluding carboxylic acids is 1. The van der Waals surface area contributed by atoms with Gasteiger partial charge >= 0.3 is 5.17 Å². The molecule has 0 aliphatic carbocycles. The average molecular weight is 352 g/mol. The molecule has 0 saturated carbocycles. The van der Waals surface area contributed by atoms with Gasteiger partial charge < -0.3 is 5.32 Å². The molecule has 0 spiro atoms. The molecular formula is C20H22N3OS+. The summed E-state index contributed by atoms with van der Waals surface area (Å²) in [7, 11) is 0. The fourth-order valence-corrected chi connectivity index (χ4v) is 3.39. The molecule has 2 aromatic rings. The molecule has 1 amide bonds. The Bertz CT molecular complexity index is 843. The van der Waals surface area contributed by atoms with Crippen molar-refractivity contribution in [3.63, 3.8) is 0 Å². The summed E-state index contributed by atoms with van der Waals surface area (Å²) < 4.78 is 0. The van der Waals surface area contributed by atoms with Crippen LogP contribution in [0.25, 0.3) is 0 Å². The van der Waals surface area contributed by atoms with Gasteiger partial charge in [0.1, 0.15) is 11.3 Å². The summed E-state index contributed by atoms with van der Waals surface area (Å²) in [5.74, 6) is -0.0965.